The average Bonchev–Trinajstić information content (AvgIpc) is 2.04. The lowest BCUT2D eigenvalue weighted by molar-refractivity contribution is -0.385. The standard InChI is InChI=1S/C28H41BN2O10.C22H28N2O8.C6H12BO2.CH4/c1-25(2,3)39-24(34)30-17-20(38-22(32)18-11-13-19(14-12-18)31(35)36)28(8,21(30)23(33)37-9)15-10-16-29-40-26(4,5)27(6,7)41-29;1-7-12-22(5)16(31-18(25)14-8-10-15(11-9-14)24(28)29)13-23(17(22)19(26)30-6)20(27)32-21(2,3)4;1-5(2)6(3,4)9-7-8-5;/h11-14,20-21H,10,15-17H2,1-9H3;7-11,16-17H,1,12-13H2,2-6H3;1-4H3;1H4/t20?,21-,28-;16?,17-,22-;;/m11../s1. The van der Waals surface area contributed by atoms with Gasteiger partial charge in [-0.1, -0.05) is 33.8 Å². The van der Waals surface area contributed by atoms with Gasteiger partial charge in [-0.15, -0.1) is 6.58 Å². The molecule has 0 spiro atoms. The van der Waals surface area contributed by atoms with Gasteiger partial charge in [0.05, 0.1) is 70.7 Å². The first-order chi connectivity index (χ1) is 37.6. The van der Waals surface area contributed by atoms with Gasteiger partial charge in [0.1, 0.15) is 35.5 Å². The van der Waals surface area contributed by atoms with E-state index in [1.165, 1.54) is 80.2 Å². The predicted octanol–water partition coefficient (Wildman–Crippen LogP) is 10.0. The third kappa shape index (κ3) is 17.0. The number of hydrogen-bond donors (Lipinski definition) is 0. The van der Waals surface area contributed by atoms with Crippen LogP contribution in [0.4, 0.5) is 21.0 Å². The second-order valence-corrected chi connectivity index (χ2v) is 24.9. The number of rotatable bonds is 14. The van der Waals surface area contributed by atoms with Crippen molar-refractivity contribution in [1.82, 2.24) is 9.80 Å². The van der Waals surface area contributed by atoms with Crippen LogP contribution in [0.1, 0.15) is 158 Å². The van der Waals surface area contributed by atoms with Crippen LogP contribution in [0.5, 0.6) is 0 Å². The van der Waals surface area contributed by atoms with Crippen LogP contribution in [0.25, 0.3) is 0 Å². The number of nitro groups is 2. The third-order valence-electron chi connectivity index (χ3n) is 15.5. The van der Waals surface area contributed by atoms with Gasteiger partial charge in [0, 0.05) is 35.1 Å². The molecule has 2 unspecified atom stereocenters. The Balaban J connectivity index is 0.000000381. The Kier molecular flexibility index (Phi) is 22.9. The fourth-order valence-corrected chi connectivity index (χ4v) is 9.38. The van der Waals surface area contributed by atoms with Crippen LogP contribution >= 0.6 is 0 Å². The number of likely N-dealkylation sites (tertiary alicyclic amines) is 2. The fourth-order valence-electron chi connectivity index (χ4n) is 9.38. The summed E-state index contributed by atoms with van der Waals surface area (Å²) < 4.78 is 55.3. The molecule has 0 aliphatic carbocycles. The maximum absolute atomic E-state index is 13.3. The lowest BCUT2D eigenvalue weighted by atomic mass is 9.72. The average molecular weight is 1170 g/mol. The van der Waals surface area contributed by atoms with Gasteiger partial charge in [0.15, 0.2) is 0 Å². The molecule has 4 fully saturated rings. The molecule has 26 heteroatoms. The molecule has 6 rings (SSSR count). The highest BCUT2D eigenvalue weighted by Crippen LogP contribution is 2.47. The second kappa shape index (κ2) is 27.0. The zero-order chi connectivity index (χ0) is 62.4. The van der Waals surface area contributed by atoms with Crippen molar-refractivity contribution < 1.29 is 85.7 Å². The number of hydrogen-bond acceptors (Lipinski definition) is 20. The summed E-state index contributed by atoms with van der Waals surface area (Å²) in [6.07, 6.45) is -0.0868. The van der Waals surface area contributed by atoms with Crippen LogP contribution in [-0.4, -0.2) is 156 Å². The highest BCUT2D eigenvalue weighted by Gasteiger charge is 2.61. The predicted molar refractivity (Wildman–Crippen MR) is 306 cm³/mol. The Morgan fingerprint density at radius 3 is 1.29 bits per heavy atom. The molecule has 4 aliphatic heterocycles. The lowest BCUT2D eigenvalue weighted by Gasteiger charge is -2.35. The number of nitro benzene ring substituents is 2. The Morgan fingerprint density at radius 1 is 0.639 bits per heavy atom. The molecule has 2 aromatic carbocycles. The van der Waals surface area contributed by atoms with Crippen LogP contribution < -0.4 is 0 Å². The zero-order valence-corrected chi connectivity index (χ0v) is 50.6. The Morgan fingerprint density at radius 2 is 0.988 bits per heavy atom. The molecular formula is C57H85B2N4O20. The van der Waals surface area contributed by atoms with E-state index >= 15 is 0 Å². The lowest BCUT2D eigenvalue weighted by Crippen LogP contribution is -2.50. The van der Waals surface area contributed by atoms with Gasteiger partial charge in [-0.05, 0) is 140 Å². The summed E-state index contributed by atoms with van der Waals surface area (Å²) in [5, 5.41) is 21.9. The first-order valence-corrected chi connectivity index (χ1v) is 26.8. The molecule has 4 aliphatic rings. The van der Waals surface area contributed by atoms with Gasteiger partial charge in [0.25, 0.3) is 11.4 Å². The Hall–Kier alpha value is -6.63. The van der Waals surface area contributed by atoms with Crippen molar-refractivity contribution in [2.24, 2.45) is 10.8 Å². The highest BCUT2D eigenvalue weighted by atomic mass is 16.7. The van der Waals surface area contributed by atoms with Crippen molar-refractivity contribution in [3.05, 3.63) is 92.5 Å². The number of amides is 2. The van der Waals surface area contributed by atoms with E-state index in [1.807, 2.05) is 55.4 Å². The minimum atomic E-state index is -1.10. The number of carbonyl (C=O) groups is 6. The van der Waals surface area contributed by atoms with Crippen molar-refractivity contribution in [1.29, 1.82) is 0 Å². The fraction of sp³-hybridized carbons (Fsp3) is 0.649. The normalized spacial score (nSPS) is 24.4. The molecule has 4 heterocycles. The van der Waals surface area contributed by atoms with Crippen LogP contribution in [0.15, 0.2) is 61.2 Å². The summed E-state index contributed by atoms with van der Waals surface area (Å²) in [5.41, 5.74) is -5.26. The molecule has 1 radical (unpaired) electrons. The first kappa shape index (κ1) is 70.6. The molecule has 459 valence electrons. The van der Waals surface area contributed by atoms with Crippen molar-refractivity contribution in [2.45, 2.75) is 202 Å². The van der Waals surface area contributed by atoms with Crippen molar-refractivity contribution in [2.75, 3.05) is 27.3 Å². The van der Waals surface area contributed by atoms with Crippen molar-refractivity contribution in [3.63, 3.8) is 0 Å². The Labute approximate surface area is 488 Å². The van der Waals surface area contributed by atoms with Gasteiger partial charge < -0.3 is 47.0 Å². The van der Waals surface area contributed by atoms with Crippen molar-refractivity contribution in [3.8, 4) is 0 Å². The van der Waals surface area contributed by atoms with E-state index in [-0.39, 0.29) is 60.6 Å². The van der Waals surface area contributed by atoms with Crippen LogP contribution in [0, 0.1) is 31.1 Å². The van der Waals surface area contributed by atoms with E-state index < -0.39 is 111 Å². The second-order valence-electron chi connectivity index (χ2n) is 24.9. The molecule has 4 saturated heterocycles. The quantitative estimate of drug-likeness (QED) is 0.0424. The van der Waals surface area contributed by atoms with E-state index in [2.05, 4.69) is 6.58 Å². The van der Waals surface area contributed by atoms with Gasteiger partial charge in [-0.3, -0.25) is 30.0 Å². The number of ether oxygens (including phenoxy) is 6. The van der Waals surface area contributed by atoms with E-state index in [9.17, 15) is 49.0 Å². The highest BCUT2D eigenvalue weighted by molar-refractivity contribution is 6.45. The number of nitrogens with zero attached hydrogens (tertiary/aromatic N) is 4. The van der Waals surface area contributed by atoms with Crippen molar-refractivity contribution >= 4 is 62.2 Å². The summed E-state index contributed by atoms with van der Waals surface area (Å²) >= 11 is 0. The molecule has 83 heavy (non-hydrogen) atoms. The maximum Gasteiger partial charge on any atom is 0.488 e. The van der Waals surface area contributed by atoms with Crippen LogP contribution in [-0.2, 0) is 56.6 Å². The molecule has 2 aromatic rings. The number of carbonyl (C=O) groups excluding carboxylic acids is 6. The van der Waals surface area contributed by atoms with Gasteiger partial charge in [-0.25, -0.2) is 28.8 Å². The molecule has 2 amide bonds. The largest absolute Gasteiger partial charge is 0.488 e. The molecule has 0 bridgehead atoms. The Bertz CT molecular complexity index is 2640. The number of benzene rings is 2. The summed E-state index contributed by atoms with van der Waals surface area (Å²) in [6, 6.07) is 7.79. The molecule has 6 atom stereocenters. The number of allylic oxidation sites excluding steroid dienone is 1. The topological polar surface area (TPSA) is 287 Å². The van der Waals surface area contributed by atoms with Gasteiger partial charge >= 0.3 is 50.9 Å². The summed E-state index contributed by atoms with van der Waals surface area (Å²) in [7, 11) is 3.39. The molecule has 24 nitrogen and oxygen atoms in total. The third-order valence-corrected chi connectivity index (χ3v) is 15.5. The van der Waals surface area contributed by atoms with E-state index in [1.54, 1.807) is 61.5 Å². The zero-order valence-electron chi connectivity index (χ0n) is 50.6. The minimum Gasteiger partial charge on any atom is -0.467 e. The minimum absolute atomic E-state index is 0. The number of esters is 4. The molecular weight excluding hydrogens is 1080 g/mol. The van der Waals surface area contributed by atoms with E-state index in [4.69, 9.17) is 47.0 Å². The monoisotopic (exact) mass is 1170 g/mol. The van der Waals surface area contributed by atoms with E-state index in [0.29, 0.717) is 19.2 Å². The van der Waals surface area contributed by atoms with Gasteiger partial charge in [-0.2, -0.15) is 0 Å². The molecule has 0 saturated carbocycles. The maximum atomic E-state index is 13.3. The van der Waals surface area contributed by atoms with Crippen LogP contribution in [0.3, 0.4) is 0 Å². The van der Waals surface area contributed by atoms with E-state index in [0.717, 1.165) is 0 Å². The number of methoxy groups -OCH3 is 2. The SMILES string of the molecule is C.C=CC[C@]1(C)C(OC(=O)c2ccc([N+](=O)[O-])cc2)CN(C(=O)OC(C)(C)C)[C@@H]1C(=O)OC.CC1(C)O[B]OC1(C)C.COC(=O)[C@H]1N(C(=O)OC(C)(C)C)CC(OC(=O)c2ccc([N+](=O)[O-])cc2)[C@@]1(C)CCCB1OC(C)(C)C(C)(C)O1. The summed E-state index contributed by atoms with van der Waals surface area (Å²) in [4.78, 5) is 101. The molecule has 0 N–H and O–H groups in total. The smallest absolute Gasteiger partial charge is 0.467 e. The summed E-state index contributed by atoms with van der Waals surface area (Å²) in [6.45, 7) is 33.1. The van der Waals surface area contributed by atoms with Gasteiger partial charge in [0.2, 0.25) is 0 Å². The number of non-ortho nitro benzene ring substituents is 2. The van der Waals surface area contributed by atoms with Crippen LogP contribution in [0.2, 0.25) is 6.32 Å². The first-order valence-electron chi connectivity index (χ1n) is 26.8. The summed E-state index contributed by atoms with van der Waals surface area (Å²) in [5.74, 6) is -2.82. The molecule has 0 aromatic heterocycles.